The third-order valence-corrected chi connectivity index (χ3v) is 12.8. The SMILES string of the molecule is O=C1CCC(c2cc(CN3C[C@H]4C[C@@H]3CN4c3ccc(-c4cc(F)c5c(c4)C(=O)N(C(C(=O)Nc4nccs4)c4ncn6c4CCC6)C5)cc3)c(F)cn2)C(=O)N1. The van der Waals surface area contributed by atoms with Crippen LogP contribution in [-0.4, -0.2) is 78.1 Å². The fraction of sp³-hybridized carbons (Fsp3) is 0.341. The van der Waals surface area contributed by atoms with Gasteiger partial charge in [0.05, 0.1) is 36.4 Å². The van der Waals surface area contributed by atoms with E-state index in [9.17, 15) is 23.6 Å². The lowest BCUT2D eigenvalue weighted by Crippen LogP contribution is -2.46. The molecular formula is C41H37F2N9O4S. The molecule has 0 radical (unpaired) electrons. The van der Waals surface area contributed by atoms with E-state index in [-0.39, 0.29) is 42.1 Å². The third-order valence-electron chi connectivity index (χ3n) is 12.1. The highest BCUT2D eigenvalue weighted by Crippen LogP contribution is 2.40. The van der Waals surface area contributed by atoms with E-state index < -0.39 is 41.3 Å². The van der Waals surface area contributed by atoms with E-state index in [1.165, 1.54) is 28.5 Å². The molecule has 4 atom stereocenters. The molecular weight excluding hydrogens is 753 g/mol. The number of nitrogens with one attached hydrogen (secondary N) is 2. The first-order valence-corrected chi connectivity index (χ1v) is 20.0. The lowest BCUT2D eigenvalue weighted by Gasteiger charge is -2.36. The maximum absolute atomic E-state index is 15.9. The molecule has 5 aliphatic rings. The number of aryl methyl sites for hydroxylation is 1. The van der Waals surface area contributed by atoms with E-state index in [1.54, 1.807) is 30.0 Å². The number of thiazole rings is 1. The lowest BCUT2D eigenvalue weighted by molar-refractivity contribution is -0.134. The predicted molar refractivity (Wildman–Crippen MR) is 205 cm³/mol. The Kier molecular flexibility index (Phi) is 8.70. The first-order valence-electron chi connectivity index (χ1n) is 19.2. The Bertz CT molecular complexity index is 2460. The van der Waals surface area contributed by atoms with Crippen LogP contribution in [0.25, 0.3) is 11.1 Å². The highest BCUT2D eigenvalue weighted by molar-refractivity contribution is 7.13. The van der Waals surface area contributed by atoms with Crippen molar-refractivity contribution >= 4 is 45.8 Å². The van der Waals surface area contributed by atoms with Crippen molar-refractivity contribution in [2.45, 2.75) is 75.8 Å². The minimum Gasteiger partial charge on any atom is -0.366 e. The number of pyridine rings is 1. The zero-order valence-corrected chi connectivity index (χ0v) is 31.5. The van der Waals surface area contributed by atoms with Gasteiger partial charge < -0.3 is 14.4 Å². The third kappa shape index (κ3) is 6.27. The van der Waals surface area contributed by atoms with Crippen LogP contribution in [0.4, 0.5) is 19.6 Å². The van der Waals surface area contributed by atoms with Crippen LogP contribution < -0.4 is 15.5 Å². The molecule has 4 amide bonds. The van der Waals surface area contributed by atoms with Gasteiger partial charge in [-0.15, -0.1) is 11.3 Å². The minimum atomic E-state index is -1.06. The Labute approximate surface area is 329 Å². The smallest absolute Gasteiger partial charge is 0.255 e. The number of carbonyl (C=O) groups excluding carboxylic acids is 4. The summed E-state index contributed by atoms with van der Waals surface area (Å²) < 4.78 is 32.9. The molecule has 16 heteroatoms. The number of piperidine rings is 1. The normalized spacial score (nSPS) is 21.9. The maximum Gasteiger partial charge on any atom is 0.255 e. The van der Waals surface area contributed by atoms with Gasteiger partial charge in [-0.3, -0.25) is 39.7 Å². The number of imide groups is 1. The summed E-state index contributed by atoms with van der Waals surface area (Å²) in [5.74, 6) is -3.09. The number of imidazole rings is 1. The number of amides is 4. The van der Waals surface area contributed by atoms with Crippen molar-refractivity contribution in [3.8, 4) is 11.1 Å². The number of rotatable bonds is 9. The van der Waals surface area contributed by atoms with Gasteiger partial charge in [0.25, 0.3) is 11.8 Å². The van der Waals surface area contributed by atoms with Crippen molar-refractivity contribution in [1.82, 2.24) is 34.6 Å². The summed E-state index contributed by atoms with van der Waals surface area (Å²) in [6.07, 6.45) is 7.61. The first kappa shape index (κ1) is 35.5. The van der Waals surface area contributed by atoms with Crippen LogP contribution in [-0.2, 0) is 40.4 Å². The highest BCUT2D eigenvalue weighted by atomic mass is 32.1. The van der Waals surface area contributed by atoms with Gasteiger partial charge in [-0.05, 0) is 67.1 Å². The molecule has 0 saturated carbocycles. The Morgan fingerprint density at radius 1 is 0.982 bits per heavy atom. The Morgan fingerprint density at radius 2 is 1.84 bits per heavy atom. The lowest BCUT2D eigenvalue weighted by atomic mass is 9.93. The largest absolute Gasteiger partial charge is 0.366 e. The van der Waals surface area contributed by atoms with Crippen molar-refractivity contribution in [1.29, 1.82) is 0 Å². The van der Waals surface area contributed by atoms with Gasteiger partial charge in [-0.2, -0.15) is 0 Å². The van der Waals surface area contributed by atoms with Gasteiger partial charge >= 0.3 is 0 Å². The zero-order chi connectivity index (χ0) is 38.9. The van der Waals surface area contributed by atoms with Crippen molar-refractivity contribution in [3.63, 3.8) is 0 Å². The Hall–Kier alpha value is -5.87. The van der Waals surface area contributed by atoms with Crippen LogP contribution in [0.3, 0.4) is 0 Å². The molecule has 0 aliphatic carbocycles. The molecule has 13 nitrogen and oxygen atoms in total. The molecule has 5 aliphatic heterocycles. The number of nitrogens with zero attached hydrogens (tertiary/aromatic N) is 7. The van der Waals surface area contributed by atoms with Gasteiger partial charge in [0.2, 0.25) is 11.8 Å². The fourth-order valence-electron chi connectivity index (χ4n) is 9.27. The number of aromatic nitrogens is 4. The van der Waals surface area contributed by atoms with Crippen LogP contribution in [0.15, 0.2) is 66.6 Å². The molecule has 3 saturated heterocycles. The average Bonchev–Trinajstić information content (AvgIpc) is 4.06. The quantitative estimate of drug-likeness (QED) is 0.198. The Balaban J connectivity index is 0.837. The molecule has 2 unspecified atom stereocenters. The van der Waals surface area contributed by atoms with Crippen LogP contribution in [0.2, 0.25) is 0 Å². The summed E-state index contributed by atoms with van der Waals surface area (Å²) in [4.78, 5) is 71.0. The maximum atomic E-state index is 15.9. The van der Waals surface area contributed by atoms with E-state index in [0.717, 1.165) is 55.8 Å². The number of benzene rings is 2. The van der Waals surface area contributed by atoms with Crippen LogP contribution >= 0.6 is 11.3 Å². The summed E-state index contributed by atoms with van der Waals surface area (Å²) in [6.45, 7) is 2.61. The fourth-order valence-corrected chi connectivity index (χ4v) is 9.81. The number of halogens is 2. The summed E-state index contributed by atoms with van der Waals surface area (Å²) in [7, 11) is 0. The van der Waals surface area contributed by atoms with Gasteiger partial charge in [0.15, 0.2) is 11.2 Å². The van der Waals surface area contributed by atoms with E-state index in [2.05, 4.69) is 35.4 Å². The van der Waals surface area contributed by atoms with E-state index in [4.69, 9.17) is 0 Å². The van der Waals surface area contributed by atoms with Gasteiger partial charge in [-0.25, -0.2) is 18.7 Å². The molecule has 2 aromatic carbocycles. The molecule has 10 rings (SSSR count). The number of hydrogen-bond acceptors (Lipinski definition) is 10. The monoisotopic (exact) mass is 789 g/mol. The first-order chi connectivity index (χ1) is 27.7. The van der Waals surface area contributed by atoms with Crippen molar-refractivity contribution < 1.29 is 28.0 Å². The Morgan fingerprint density at radius 3 is 2.61 bits per heavy atom. The number of hydrogen-bond donors (Lipinski definition) is 2. The molecule has 5 aromatic rings. The van der Waals surface area contributed by atoms with Crippen molar-refractivity contribution in [3.05, 3.63) is 112 Å². The topological polar surface area (TPSA) is 146 Å². The van der Waals surface area contributed by atoms with E-state index >= 15 is 4.39 Å². The van der Waals surface area contributed by atoms with Gasteiger partial charge in [0.1, 0.15) is 11.6 Å². The molecule has 57 heavy (non-hydrogen) atoms. The predicted octanol–water partition coefficient (Wildman–Crippen LogP) is 4.95. The van der Waals surface area contributed by atoms with Crippen molar-refractivity contribution in [2.24, 2.45) is 0 Å². The molecule has 8 heterocycles. The van der Waals surface area contributed by atoms with E-state index in [1.807, 2.05) is 28.8 Å². The number of piperazine rings is 1. The number of carbonyl (C=O) groups is 4. The van der Waals surface area contributed by atoms with Crippen LogP contribution in [0, 0.1) is 11.6 Å². The van der Waals surface area contributed by atoms with Crippen LogP contribution in [0.1, 0.15) is 76.2 Å². The second kappa shape index (κ2) is 14.0. The summed E-state index contributed by atoms with van der Waals surface area (Å²) >= 11 is 1.27. The van der Waals surface area contributed by atoms with E-state index in [0.29, 0.717) is 40.6 Å². The van der Waals surface area contributed by atoms with Gasteiger partial charge in [-0.1, -0.05) is 12.1 Å². The second-order valence-electron chi connectivity index (χ2n) is 15.4. The summed E-state index contributed by atoms with van der Waals surface area (Å²) in [5, 5.41) is 7.34. The molecule has 3 fully saturated rings. The average molecular weight is 790 g/mol. The molecule has 2 bridgehead atoms. The molecule has 2 N–H and O–H groups in total. The van der Waals surface area contributed by atoms with Crippen molar-refractivity contribution in [2.75, 3.05) is 23.3 Å². The number of likely N-dealkylation sites (tertiary alicyclic amines) is 1. The summed E-state index contributed by atoms with van der Waals surface area (Å²) in [5.41, 5.74) is 5.17. The number of anilines is 2. The zero-order valence-electron chi connectivity index (χ0n) is 30.7. The van der Waals surface area contributed by atoms with Gasteiger partial charge in [0, 0.05) is 84.3 Å². The molecule has 0 spiro atoms. The second-order valence-corrected chi connectivity index (χ2v) is 16.3. The highest BCUT2D eigenvalue weighted by Gasteiger charge is 2.44. The number of fused-ring (bicyclic) bond motifs is 4. The summed E-state index contributed by atoms with van der Waals surface area (Å²) in [6, 6.07) is 12.1. The minimum absolute atomic E-state index is 0.0647. The standard InChI is InChI=1S/C41H37F2N9O4S/c42-31-13-23(12-29-30(31)20-52(40(29)56)37(39(55)48-41-44-9-11-57-41)36-34-2-1-10-49(34)21-46-36)22-3-5-25(6-4-22)51-19-26-15-27(51)18-50(26)17-24-14-33(45-16-32(24)43)28-7-8-35(53)47-38(28)54/h3-6,9,11-14,16,21,26-28,37H,1-2,7-8,10,15,17-20H2,(H,44,48,55)(H,47,53,54)/t26-,27-,28?,37?/m1/s1. The molecule has 3 aromatic heterocycles. The van der Waals surface area contributed by atoms with Crippen LogP contribution in [0.5, 0.6) is 0 Å². The molecule has 290 valence electrons.